The van der Waals surface area contributed by atoms with Gasteiger partial charge in [0.2, 0.25) is 0 Å². The third-order valence-electron chi connectivity index (χ3n) is 5.37. The van der Waals surface area contributed by atoms with E-state index in [1.54, 1.807) is 7.05 Å². The minimum Gasteiger partial charge on any atom is -0.396 e. The lowest BCUT2D eigenvalue weighted by atomic mass is 9.92. The highest BCUT2D eigenvalue weighted by Crippen LogP contribution is 2.21. The van der Waals surface area contributed by atoms with Crippen molar-refractivity contribution in [3.63, 3.8) is 0 Å². The van der Waals surface area contributed by atoms with Gasteiger partial charge in [0.05, 0.1) is 6.61 Å². The number of nitrogens with zero attached hydrogens (tertiary/aromatic N) is 2. The van der Waals surface area contributed by atoms with E-state index < -0.39 is 0 Å². The number of aliphatic hydroxyl groups excluding tert-OH is 1. The molecule has 1 heterocycles. The molecule has 0 bridgehead atoms. The van der Waals surface area contributed by atoms with E-state index in [2.05, 4.69) is 46.5 Å². The number of aliphatic imine (C=N–C) groups is 1. The molecule has 1 fully saturated rings. The molecule has 3 atom stereocenters. The Bertz CT molecular complexity index is 539. The number of rotatable bonds is 9. The van der Waals surface area contributed by atoms with Crippen molar-refractivity contribution in [2.75, 3.05) is 46.4 Å². The maximum absolute atomic E-state index is 9.67. The highest BCUT2D eigenvalue weighted by molar-refractivity contribution is 5.79. The van der Waals surface area contributed by atoms with Gasteiger partial charge in [-0.1, -0.05) is 44.2 Å². The Hall–Kier alpha value is -1.59. The lowest BCUT2D eigenvalue weighted by molar-refractivity contribution is 0.139. The van der Waals surface area contributed by atoms with E-state index in [9.17, 15) is 5.11 Å². The summed E-state index contributed by atoms with van der Waals surface area (Å²) in [5, 5.41) is 16.4. The van der Waals surface area contributed by atoms with Gasteiger partial charge in [-0.3, -0.25) is 4.99 Å². The maximum atomic E-state index is 9.67. The van der Waals surface area contributed by atoms with Crippen LogP contribution in [0.5, 0.6) is 0 Å². The maximum Gasteiger partial charge on any atom is 0.190 e. The van der Waals surface area contributed by atoms with Gasteiger partial charge in [-0.2, -0.15) is 0 Å². The first-order chi connectivity index (χ1) is 13.1. The SMILES string of the molecule is CN=C(NCCCCN1CC(C)CC(C)C1)NCC(CO)c1ccccc1. The Morgan fingerprint density at radius 1 is 1.15 bits per heavy atom. The zero-order valence-electron chi connectivity index (χ0n) is 17.3. The molecule has 152 valence electrons. The standard InChI is InChI=1S/C22H38N4O/c1-18-13-19(2)16-26(15-18)12-8-7-11-24-22(23-3)25-14-21(17-27)20-9-5-4-6-10-20/h4-6,9-10,18-19,21,27H,7-8,11-17H2,1-3H3,(H2,23,24,25). The molecule has 5 heteroatoms. The van der Waals surface area contributed by atoms with E-state index in [-0.39, 0.29) is 12.5 Å². The molecule has 1 aromatic rings. The van der Waals surface area contributed by atoms with Gasteiger partial charge in [0, 0.05) is 39.1 Å². The minimum atomic E-state index is 0.0767. The Labute approximate surface area is 165 Å². The summed E-state index contributed by atoms with van der Waals surface area (Å²) in [5.41, 5.74) is 1.15. The Kier molecular flexibility index (Phi) is 9.64. The summed E-state index contributed by atoms with van der Waals surface area (Å²) in [6.07, 6.45) is 3.73. The predicted octanol–water partition coefficient (Wildman–Crippen LogP) is 2.69. The van der Waals surface area contributed by atoms with Crippen LogP contribution in [0.2, 0.25) is 0 Å². The second-order valence-electron chi connectivity index (χ2n) is 8.08. The van der Waals surface area contributed by atoms with Crippen molar-refractivity contribution in [2.45, 2.75) is 39.0 Å². The summed E-state index contributed by atoms with van der Waals surface area (Å²) >= 11 is 0. The molecular formula is C22H38N4O. The molecule has 0 radical (unpaired) electrons. The van der Waals surface area contributed by atoms with E-state index in [4.69, 9.17) is 0 Å². The smallest absolute Gasteiger partial charge is 0.190 e. The number of aliphatic hydroxyl groups is 1. The summed E-state index contributed by atoms with van der Waals surface area (Å²) in [7, 11) is 1.79. The summed E-state index contributed by atoms with van der Waals surface area (Å²) in [6, 6.07) is 10.1. The first-order valence-corrected chi connectivity index (χ1v) is 10.4. The summed E-state index contributed by atoms with van der Waals surface area (Å²) in [6.45, 7) is 10.2. The quantitative estimate of drug-likeness (QED) is 0.353. The third kappa shape index (κ3) is 7.89. The Morgan fingerprint density at radius 2 is 1.85 bits per heavy atom. The van der Waals surface area contributed by atoms with E-state index in [1.807, 2.05) is 18.2 Å². The zero-order chi connectivity index (χ0) is 19.5. The number of guanidine groups is 1. The Morgan fingerprint density at radius 3 is 2.48 bits per heavy atom. The number of likely N-dealkylation sites (tertiary alicyclic amines) is 1. The van der Waals surface area contributed by atoms with Gasteiger partial charge in [0.1, 0.15) is 0 Å². The topological polar surface area (TPSA) is 59.9 Å². The molecule has 1 aromatic carbocycles. The number of nitrogens with one attached hydrogen (secondary N) is 2. The number of unbranched alkanes of at least 4 members (excludes halogenated alkanes) is 1. The molecule has 5 nitrogen and oxygen atoms in total. The normalized spacial score (nSPS) is 22.4. The molecule has 0 aliphatic carbocycles. The highest BCUT2D eigenvalue weighted by Gasteiger charge is 2.20. The molecule has 1 aliphatic rings. The Balaban J connectivity index is 1.62. The van der Waals surface area contributed by atoms with Crippen LogP contribution in [0.25, 0.3) is 0 Å². The monoisotopic (exact) mass is 374 g/mol. The van der Waals surface area contributed by atoms with Crippen LogP contribution in [0.1, 0.15) is 44.6 Å². The van der Waals surface area contributed by atoms with Crippen LogP contribution in [0, 0.1) is 11.8 Å². The lowest BCUT2D eigenvalue weighted by Gasteiger charge is -2.34. The zero-order valence-corrected chi connectivity index (χ0v) is 17.3. The van der Waals surface area contributed by atoms with Crippen LogP contribution in [-0.4, -0.2) is 62.3 Å². The average Bonchev–Trinajstić information content (AvgIpc) is 2.66. The van der Waals surface area contributed by atoms with Crippen LogP contribution in [0.4, 0.5) is 0 Å². The molecule has 0 spiro atoms. The van der Waals surface area contributed by atoms with Crippen LogP contribution in [0.3, 0.4) is 0 Å². The summed E-state index contributed by atoms with van der Waals surface area (Å²) in [4.78, 5) is 6.92. The van der Waals surface area contributed by atoms with E-state index in [1.165, 1.54) is 32.5 Å². The van der Waals surface area contributed by atoms with E-state index >= 15 is 0 Å². The van der Waals surface area contributed by atoms with Crippen molar-refractivity contribution in [3.05, 3.63) is 35.9 Å². The number of benzene rings is 1. The molecule has 1 aliphatic heterocycles. The molecule has 0 aromatic heterocycles. The van der Waals surface area contributed by atoms with Crippen molar-refractivity contribution < 1.29 is 5.11 Å². The van der Waals surface area contributed by atoms with Crippen molar-refractivity contribution in [3.8, 4) is 0 Å². The van der Waals surface area contributed by atoms with Crippen LogP contribution in [0.15, 0.2) is 35.3 Å². The van der Waals surface area contributed by atoms with Gasteiger partial charge in [-0.05, 0) is 43.2 Å². The summed E-state index contributed by atoms with van der Waals surface area (Å²) in [5.74, 6) is 2.55. The number of piperidine rings is 1. The largest absolute Gasteiger partial charge is 0.396 e. The van der Waals surface area contributed by atoms with Gasteiger partial charge < -0.3 is 20.6 Å². The van der Waals surface area contributed by atoms with Crippen LogP contribution < -0.4 is 10.6 Å². The lowest BCUT2D eigenvalue weighted by Crippen LogP contribution is -2.41. The van der Waals surface area contributed by atoms with Gasteiger partial charge >= 0.3 is 0 Å². The molecule has 1 saturated heterocycles. The van der Waals surface area contributed by atoms with Gasteiger partial charge in [0.25, 0.3) is 0 Å². The fourth-order valence-electron chi connectivity index (χ4n) is 4.10. The van der Waals surface area contributed by atoms with Gasteiger partial charge in [0.15, 0.2) is 5.96 Å². The van der Waals surface area contributed by atoms with Crippen LogP contribution in [-0.2, 0) is 0 Å². The van der Waals surface area contributed by atoms with Crippen molar-refractivity contribution >= 4 is 5.96 Å². The van der Waals surface area contributed by atoms with E-state index in [0.29, 0.717) is 6.54 Å². The van der Waals surface area contributed by atoms with Crippen molar-refractivity contribution in [2.24, 2.45) is 16.8 Å². The molecule has 3 unspecified atom stereocenters. The van der Waals surface area contributed by atoms with Gasteiger partial charge in [-0.25, -0.2) is 0 Å². The first kappa shape index (κ1) is 21.7. The average molecular weight is 375 g/mol. The van der Waals surface area contributed by atoms with Crippen molar-refractivity contribution in [1.82, 2.24) is 15.5 Å². The van der Waals surface area contributed by atoms with Crippen LogP contribution >= 0.6 is 0 Å². The molecule has 3 N–H and O–H groups in total. The second-order valence-corrected chi connectivity index (χ2v) is 8.08. The second kappa shape index (κ2) is 12.0. The predicted molar refractivity (Wildman–Crippen MR) is 114 cm³/mol. The molecule has 0 saturated carbocycles. The minimum absolute atomic E-state index is 0.0767. The summed E-state index contributed by atoms with van der Waals surface area (Å²) < 4.78 is 0. The molecule has 2 rings (SSSR count). The van der Waals surface area contributed by atoms with Crippen molar-refractivity contribution in [1.29, 1.82) is 0 Å². The van der Waals surface area contributed by atoms with Gasteiger partial charge in [-0.15, -0.1) is 0 Å². The first-order valence-electron chi connectivity index (χ1n) is 10.4. The number of hydrogen-bond donors (Lipinski definition) is 3. The molecular weight excluding hydrogens is 336 g/mol. The third-order valence-corrected chi connectivity index (χ3v) is 5.37. The molecule has 27 heavy (non-hydrogen) atoms. The fraction of sp³-hybridized carbons (Fsp3) is 0.682. The van der Waals surface area contributed by atoms with E-state index in [0.717, 1.165) is 36.3 Å². The molecule has 0 amide bonds. The fourth-order valence-corrected chi connectivity index (χ4v) is 4.10. The number of hydrogen-bond acceptors (Lipinski definition) is 3. The highest BCUT2D eigenvalue weighted by atomic mass is 16.3.